The summed E-state index contributed by atoms with van der Waals surface area (Å²) in [6, 6.07) is 0. The molecule has 35 heteroatoms. The Morgan fingerprint density at radius 1 is 0.458 bits per heavy atom. The largest absolute Gasteiger partial charge is 0.726 e. The Morgan fingerprint density at radius 2 is 0.864 bits per heavy atom. The monoisotopic (exact) mass is 946 g/mol. The molecular formula is C24H34O31S4-4. The standard InChI is InChI=1S/C24H38O31S4/c25-1-5-12(52-56(31,32)33)9(27)10(28)22(46-5)49-14-8-4-44-18(14)20(55-59(40,41)42)24(48-8)51-16-11(29)23(47-6(2-26)15(16)53-57(34,35)36)50-13-7-3-43-17(13)19(21(30)45-7)54-58(37,38)39/h5-30H,1-4H2,(H,31,32,33)(H,34,35,36)(H,37,38,39)(H,40,41,42)/p-4. The minimum Gasteiger partial charge on any atom is -0.726 e. The topological polar surface area (TPSA) is 470 Å². The Morgan fingerprint density at radius 3 is 1.37 bits per heavy atom. The number of rotatable bonds is 16. The molecule has 0 aromatic carbocycles. The van der Waals surface area contributed by atoms with E-state index in [0.717, 1.165) is 0 Å². The van der Waals surface area contributed by atoms with Crippen LogP contribution in [0.15, 0.2) is 0 Å². The molecule has 6 heterocycles. The molecule has 31 nitrogen and oxygen atoms in total. The summed E-state index contributed by atoms with van der Waals surface area (Å²) < 4.78 is 206. The maximum absolute atomic E-state index is 12.0. The predicted octanol–water partition coefficient (Wildman–Crippen LogP) is -9.72. The third-order valence-electron chi connectivity index (χ3n) is 9.51. The van der Waals surface area contributed by atoms with Crippen LogP contribution in [-0.4, -0.2) is 232 Å². The van der Waals surface area contributed by atoms with Crippen LogP contribution in [0.3, 0.4) is 0 Å². The predicted molar refractivity (Wildman–Crippen MR) is 161 cm³/mol. The highest BCUT2D eigenvalue weighted by molar-refractivity contribution is 7.81. The highest BCUT2D eigenvalue weighted by Gasteiger charge is 2.61. The summed E-state index contributed by atoms with van der Waals surface area (Å²) in [5.41, 5.74) is 0. The van der Waals surface area contributed by atoms with E-state index < -0.39 is 191 Å². The van der Waals surface area contributed by atoms with Crippen LogP contribution in [-0.2, 0) is 101 Å². The Hall–Kier alpha value is -1.12. The van der Waals surface area contributed by atoms with Gasteiger partial charge in [0.15, 0.2) is 37.4 Å². The van der Waals surface area contributed by atoms with Crippen LogP contribution in [0.2, 0.25) is 0 Å². The van der Waals surface area contributed by atoms with Gasteiger partial charge in [-0.2, -0.15) is 0 Å². The highest BCUT2D eigenvalue weighted by Crippen LogP contribution is 2.41. The second-order valence-corrected chi connectivity index (χ2v) is 17.3. The molecule has 6 aliphatic heterocycles. The molecular weight excluding hydrogens is 913 g/mol. The molecule has 20 unspecified atom stereocenters. The van der Waals surface area contributed by atoms with Gasteiger partial charge in [-0.1, -0.05) is 0 Å². The van der Waals surface area contributed by atoms with Crippen LogP contribution < -0.4 is 0 Å². The van der Waals surface area contributed by atoms with E-state index in [1.54, 1.807) is 0 Å². The maximum Gasteiger partial charge on any atom is 0.218 e. The lowest BCUT2D eigenvalue weighted by atomic mass is 9.96. The molecule has 344 valence electrons. The molecule has 0 spiro atoms. The van der Waals surface area contributed by atoms with Gasteiger partial charge in [-0.15, -0.1) is 0 Å². The third-order valence-corrected chi connectivity index (χ3v) is 11.3. The minimum atomic E-state index is -5.82. The average Bonchev–Trinajstić information content (AvgIpc) is 3.57. The molecule has 0 aromatic heterocycles. The molecule has 0 aliphatic carbocycles. The van der Waals surface area contributed by atoms with Crippen molar-refractivity contribution in [2.24, 2.45) is 0 Å². The number of aliphatic hydroxyl groups excluding tert-OH is 6. The second kappa shape index (κ2) is 17.8. The third kappa shape index (κ3) is 11.0. The van der Waals surface area contributed by atoms with Gasteiger partial charge in [-0.05, 0) is 0 Å². The Labute approximate surface area is 332 Å². The molecule has 4 bridgehead atoms. The fourth-order valence-corrected chi connectivity index (χ4v) is 9.16. The van der Waals surface area contributed by atoms with Crippen molar-refractivity contribution in [2.45, 2.75) is 123 Å². The molecule has 20 atom stereocenters. The number of hydrogen-bond donors (Lipinski definition) is 6. The Bertz CT molecular complexity index is 1910. The van der Waals surface area contributed by atoms with E-state index in [0.29, 0.717) is 0 Å². The summed E-state index contributed by atoms with van der Waals surface area (Å²) in [5.74, 6) is 0. The first-order chi connectivity index (χ1) is 27.3. The van der Waals surface area contributed by atoms with E-state index in [1.165, 1.54) is 0 Å². The van der Waals surface area contributed by atoms with Crippen LogP contribution in [0, 0.1) is 0 Å². The van der Waals surface area contributed by atoms with Crippen molar-refractivity contribution in [2.75, 3.05) is 26.4 Å². The molecule has 6 fully saturated rings. The fraction of sp³-hybridized carbons (Fsp3) is 1.00. The van der Waals surface area contributed by atoms with Gasteiger partial charge in [-0.25, -0.2) is 33.7 Å². The molecule has 6 N–H and O–H groups in total. The van der Waals surface area contributed by atoms with Gasteiger partial charge in [-0.3, -0.25) is 16.7 Å². The maximum atomic E-state index is 12.0. The zero-order valence-corrected chi connectivity index (χ0v) is 32.2. The van der Waals surface area contributed by atoms with Crippen LogP contribution >= 0.6 is 0 Å². The summed E-state index contributed by atoms with van der Waals surface area (Å²) in [5, 5.41) is 62.6. The first kappa shape index (κ1) is 47.4. The normalized spacial score (nSPS) is 45.7. The van der Waals surface area contributed by atoms with Gasteiger partial charge >= 0.3 is 0 Å². The molecule has 0 amide bonds. The number of fused-ring (bicyclic) bond motifs is 4. The first-order valence-electron chi connectivity index (χ1n) is 16.6. The van der Waals surface area contributed by atoms with E-state index in [9.17, 15) is 82.5 Å². The van der Waals surface area contributed by atoms with E-state index in [2.05, 4.69) is 16.7 Å². The number of aliphatic hydroxyl groups is 6. The minimum absolute atomic E-state index is 0.443. The Kier molecular flexibility index (Phi) is 14.3. The van der Waals surface area contributed by atoms with Crippen molar-refractivity contribution in [3.63, 3.8) is 0 Å². The zero-order valence-electron chi connectivity index (χ0n) is 28.9. The Balaban J connectivity index is 1.26. The number of hydrogen-bond acceptors (Lipinski definition) is 31. The lowest BCUT2D eigenvalue weighted by molar-refractivity contribution is -0.367. The molecule has 0 saturated carbocycles. The summed E-state index contributed by atoms with van der Waals surface area (Å²) >= 11 is 0. The van der Waals surface area contributed by atoms with E-state index in [4.69, 9.17) is 42.6 Å². The first-order valence-corrected chi connectivity index (χ1v) is 21.9. The van der Waals surface area contributed by atoms with E-state index >= 15 is 0 Å². The highest BCUT2D eigenvalue weighted by atomic mass is 32.3. The van der Waals surface area contributed by atoms with Gasteiger partial charge in [0.05, 0.1) is 26.4 Å². The second-order valence-electron chi connectivity index (χ2n) is 13.3. The molecule has 0 aromatic rings. The fourth-order valence-electron chi connectivity index (χ4n) is 7.19. The zero-order chi connectivity index (χ0) is 43.6. The van der Waals surface area contributed by atoms with E-state index in [1.807, 2.05) is 0 Å². The summed E-state index contributed by atoms with van der Waals surface area (Å²) in [6.07, 6.45) is -40.4. The van der Waals surface area contributed by atoms with E-state index in [-0.39, 0.29) is 0 Å². The van der Waals surface area contributed by atoms with Crippen LogP contribution in [0.4, 0.5) is 0 Å². The van der Waals surface area contributed by atoms with Gasteiger partial charge in [0, 0.05) is 0 Å². The number of ether oxygens (including phenoxy) is 9. The molecule has 6 rings (SSSR count). The lowest BCUT2D eigenvalue weighted by Crippen LogP contribution is -2.66. The lowest BCUT2D eigenvalue weighted by Gasteiger charge is -2.48. The van der Waals surface area contributed by atoms with Gasteiger partial charge < -0.3 is 91.5 Å². The van der Waals surface area contributed by atoms with Crippen molar-refractivity contribution in [3.8, 4) is 0 Å². The molecule has 6 saturated heterocycles. The van der Waals surface area contributed by atoms with Crippen LogP contribution in [0.5, 0.6) is 0 Å². The SMILES string of the molecule is O=S(=O)([O-])OC1C(CO)OC(OC2C3COC2C(OS(=O)(=O)[O-])C(OC2C(O)C(OC4C5COC4C(OS(=O)(=O)[O-])C(O)O5)OC(CO)C2OS(=O)(=O)[O-])O3)C(O)C1O. The summed E-state index contributed by atoms with van der Waals surface area (Å²) in [6.45, 7) is -3.43. The summed E-state index contributed by atoms with van der Waals surface area (Å²) in [4.78, 5) is 0. The van der Waals surface area contributed by atoms with Gasteiger partial charge in [0.2, 0.25) is 41.6 Å². The van der Waals surface area contributed by atoms with Crippen molar-refractivity contribution < 1.29 is 142 Å². The van der Waals surface area contributed by atoms with Crippen molar-refractivity contribution in [3.05, 3.63) is 0 Å². The van der Waals surface area contributed by atoms with Crippen LogP contribution in [0.25, 0.3) is 0 Å². The summed E-state index contributed by atoms with van der Waals surface area (Å²) in [7, 11) is -22.7. The van der Waals surface area contributed by atoms with Crippen molar-refractivity contribution in [1.29, 1.82) is 0 Å². The smallest absolute Gasteiger partial charge is 0.218 e. The molecule has 59 heavy (non-hydrogen) atoms. The van der Waals surface area contributed by atoms with Crippen LogP contribution in [0.1, 0.15) is 0 Å². The quantitative estimate of drug-likeness (QED) is 0.0618. The van der Waals surface area contributed by atoms with Gasteiger partial charge in [0.25, 0.3) is 0 Å². The van der Waals surface area contributed by atoms with Crippen molar-refractivity contribution in [1.82, 2.24) is 0 Å². The van der Waals surface area contributed by atoms with Crippen molar-refractivity contribution >= 4 is 41.6 Å². The average molecular weight is 947 g/mol. The molecule has 0 radical (unpaired) electrons. The van der Waals surface area contributed by atoms with Gasteiger partial charge in [0.1, 0.15) is 85.5 Å². The molecule has 6 aliphatic rings.